The van der Waals surface area contributed by atoms with E-state index in [0.29, 0.717) is 5.02 Å². The quantitative estimate of drug-likeness (QED) is 0.220. The van der Waals surface area contributed by atoms with Crippen molar-refractivity contribution < 1.29 is 4.74 Å². The number of thiophene rings is 1. The summed E-state index contributed by atoms with van der Waals surface area (Å²) in [6, 6.07) is 14.0. The third kappa shape index (κ3) is 4.83. The van der Waals surface area contributed by atoms with E-state index in [1.54, 1.807) is 18.4 Å². The second-order valence-corrected chi connectivity index (χ2v) is 9.07. The molecule has 0 aliphatic heterocycles. The SMILES string of the molecule is COc1ccc2nc3cc(Cl)ccc3c(NCCCNCc3cc(Br)cs3)c2c1. The first-order valence-corrected chi connectivity index (χ1v) is 11.4. The fraction of sp³-hybridized carbons (Fsp3) is 0.227. The molecule has 2 aromatic carbocycles. The maximum atomic E-state index is 6.19. The third-order valence-corrected chi connectivity index (χ3v) is 6.63. The van der Waals surface area contributed by atoms with E-state index >= 15 is 0 Å². The maximum Gasteiger partial charge on any atom is 0.119 e. The summed E-state index contributed by atoms with van der Waals surface area (Å²) in [6.45, 7) is 2.70. The number of nitrogens with zero attached hydrogens (tertiary/aromatic N) is 1. The summed E-state index contributed by atoms with van der Waals surface area (Å²) in [7, 11) is 1.68. The largest absolute Gasteiger partial charge is 0.497 e. The Morgan fingerprint density at radius 3 is 2.76 bits per heavy atom. The van der Waals surface area contributed by atoms with Crippen LogP contribution < -0.4 is 15.4 Å². The van der Waals surface area contributed by atoms with Crippen LogP contribution in [0.2, 0.25) is 5.02 Å². The Labute approximate surface area is 187 Å². The second kappa shape index (κ2) is 9.30. The minimum Gasteiger partial charge on any atom is -0.497 e. The molecule has 0 bridgehead atoms. The van der Waals surface area contributed by atoms with Crippen molar-refractivity contribution in [1.82, 2.24) is 10.3 Å². The van der Waals surface area contributed by atoms with Gasteiger partial charge in [0.1, 0.15) is 5.75 Å². The van der Waals surface area contributed by atoms with Gasteiger partial charge in [0.15, 0.2) is 0 Å². The van der Waals surface area contributed by atoms with Crippen molar-refractivity contribution in [3.63, 3.8) is 0 Å². The number of fused-ring (bicyclic) bond motifs is 2. The Morgan fingerprint density at radius 2 is 1.97 bits per heavy atom. The molecule has 0 radical (unpaired) electrons. The van der Waals surface area contributed by atoms with Crippen LogP contribution in [-0.4, -0.2) is 25.2 Å². The zero-order valence-corrected chi connectivity index (χ0v) is 19.1. The van der Waals surface area contributed by atoms with E-state index in [2.05, 4.69) is 38.0 Å². The fourth-order valence-corrected chi connectivity index (χ4v) is 4.89. The molecule has 2 N–H and O–H groups in total. The molecule has 0 aliphatic carbocycles. The summed E-state index contributed by atoms with van der Waals surface area (Å²) < 4.78 is 6.57. The number of ether oxygens (including phenoxy) is 1. The van der Waals surface area contributed by atoms with Gasteiger partial charge in [0.2, 0.25) is 0 Å². The summed E-state index contributed by atoms with van der Waals surface area (Å²) in [4.78, 5) is 6.11. The zero-order chi connectivity index (χ0) is 20.2. The van der Waals surface area contributed by atoms with Crippen molar-refractivity contribution in [2.75, 3.05) is 25.5 Å². The number of hydrogen-bond acceptors (Lipinski definition) is 5. The van der Waals surface area contributed by atoms with Gasteiger partial charge in [-0.1, -0.05) is 11.6 Å². The van der Waals surface area contributed by atoms with E-state index in [1.807, 2.05) is 36.4 Å². The van der Waals surface area contributed by atoms with Crippen LogP contribution in [0.1, 0.15) is 11.3 Å². The van der Waals surface area contributed by atoms with Gasteiger partial charge in [0, 0.05) is 43.6 Å². The lowest BCUT2D eigenvalue weighted by molar-refractivity contribution is 0.415. The smallest absolute Gasteiger partial charge is 0.119 e. The maximum absolute atomic E-state index is 6.19. The molecule has 0 atom stereocenters. The van der Waals surface area contributed by atoms with Crippen molar-refractivity contribution in [3.05, 3.63) is 62.2 Å². The highest BCUT2D eigenvalue weighted by Crippen LogP contribution is 2.34. The van der Waals surface area contributed by atoms with E-state index in [9.17, 15) is 0 Å². The summed E-state index contributed by atoms with van der Waals surface area (Å²) in [6.07, 6.45) is 1.01. The van der Waals surface area contributed by atoms with Crippen LogP contribution in [0.25, 0.3) is 21.8 Å². The van der Waals surface area contributed by atoms with Crippen LogP contribution >= 0.6 is 38.9 Å². The molecule has 4 aromatic rings. The van der Waals surface area contributed by atoms with Crippen molar-refractivity contribution in [3.8, 4) is 5.75 Å². The Kier molecular flexibility index (Phi) is 6.55. The van der Waals surface area contributed by atoms with Gasteiger partial charge in [-0.15, -0.1) is 11.3 Å². The lowest BCUT2D eigenvalue weighted by Gasteiger charge is -2.14. The van der Waals surface area contributed by atoms with E-state index in [0.717, 1.165) is 63.8 Å². The predicted octanol–water partition coefficient (Wildman–Crippen LogP) is 6.47. The topological polar surface area (TPSA) is 46.2 Å². The van der Waals surface area contributed by atoms with Crippen LogP contribution in [0.4, 0.5) is 5.69 Å². The van der Waals surface area contributed by atoms with Crippen molar-refractivity contribution in [2.45, 2.75) is 13.0 Å². The number of aromatic nitrogens is 1. The van der Waals surface area contributed by atoms with Crippen LogP contribution in [0.5, 0.6) is 5.75 Å². The Bertz CT molecular complexity index is 1150. The van der Waals surface area contributed by atoms with Crippen molar-refractivity contribution >= 4 is 66.4 Å². The second-order valence-electron chi connectivity index (χ2n) is 6.72. The standard InChI is InChI=1S/C22H21BrClN3OS/c1-28-16-4-6-20-19(11-16)22(18-5-3-15(24)10-21(18)27-20)26-8-2-7-25-12-17-9-14(23)13-29-17/h3-6,9-11,13,25H,2,7-8,12H2,1H3,(H,26,27). The zero-order valence-electron chi connectivity index (χ0n) is 16.0. The molecule has 4 rings (SSSR count). The van der Waals surface area contributed by atoms with Gasteiger partial charge in [-0.05, 0) is 71.4 Å². The molecule has 0 unspecified atom stereocenters. The molecule has 29 heavy (non-hydrogen) atoms. The van der Waals surface area contributed by atoms with E-state index in [4.69, 9.17) is 21.3 Å². The highest BCUT2D eigenvalue weighted by atomic mass is 79.9. The fourth-order valence-electron chi connectivity index (χ4n) is 3.30. The van der Waals surface area contributed by atoms with E-state index in [1.165, 1.54) is 4.88 Å². The van der Waals surface area contributed by atoms with Crippen LogP contribution in [-0.2, 0) is 6.54 Å². The minimum absolute atomic E-state index is 0.688. The Morgan fingerprint density at radius 1 is 1.07 bits per heavy atom. The van der Waals surface area contributed by atoms with E-state index < -0.39 is 0 Å². The van der Waals surface area contributed by atoms with Gasteiger partial charge in [0.05, 0.1) is 23.8 Å². The average Bonchev–Trinajstić information content (AvgIpc) is 3.14. The van der Waals surface area contributed by atoms with Gasteiger partial charge >= 0.3 is 0 Å². The molecule has 2 heterocycles. The summed E-state index contributed by atoms with van der Waals surface area (Å²) in [5.41, 5.74) is 2.88. The first-order chi connectivity index (χ1) is 14.1. The molecular formula is C22H21BrClN3OS. The Hall–Kier alpha value is -1.86. The van der Waals surface area contributed by atoms with Gasteiger partial charge in [-0.3, -0.25) is 0 Å². The number of hydrogen-bond donors (Lipinski definition) is 2. The van der Waals surface area contributed by atoms with Gasteiger partial charge in [0.25, 0.3) is 0 Å². The first-order valence-electron chi connectivity index (χ1n) is 9.38. The lowest BCUT2D eigenvalue weighted by Crippen LogP contribution is -2.17. The first kappa shape index (κ1) is 20.4. The van der Waals surface area contributed by atoms with Crippen LogP contribution in [0.3, 0.4) is 0 Å². The number of benzene rings is 2. The normalized spacial score (nSPS) is 11.3. The van der Waals surface area contributed by atoms with E-state index in [-0.39, 0.29) is 0 Å². The Balaban J connectivity index is 1.49. The molecule has 4 nitrogen and oxygen atoms in total. The number of halogens is 2. The minimum atomic E-state index is 0.688. The van der Waals surface area contributed by atoms with Crippen LogP contribution in [0.15, 0.2) is 52.3 Å². The van der Waals surface area contributed by atoms with Gasteiger partial charge < -0.3 is 15.4 Å². The highest BCUT2D eigenvalue weighted by Gasteiger charge is 2.10. The summed E-state index contributed by atoms with van der Waals surface area (Å²) >= 11 is 11.5. The molecule has 7 heteroatoms. The molecule has 0 spiro atoms. The monoisotopic (exact) mass is 489 g/mol. The number of rotatable bonds is 8. The summed E-state index contributed by atoms with van der Waals surface area (Å²) in [5, 5.41) is 12.0. The molecular weight excluding hydrogens is 470 g/mol. The number of anilines is 1. The summed E-state index contributed by atoms with van der Waals surface area (Å²) in [5.74, 6) is 0.819. The molecule has 2 aromatic heterocycles. The molecule has 0 saturated carbocycles. The molecule has 0 aliphatic rings. The number of methoxy groups -OCH3 is 1. The lowest BCUT2D eigenvalue weighted by atomic mass is 10.1. The van der Waals surface area contributed by atoms with Crippen molar-refractivity contribution in [2.24, 2.45) is 0 Å². The van der Waals surface area contributed by atoms with Gasteiger partial charge in [-0.25, -0.2) is 4.98 Å². The van der Waals surface area contributed by atoms with Gasteiger partial charge in [-0.2, -0.15) is 0 Å². The average molecular weight is 491 g/mol. The molecule has 0 fully saturated rings. The highest BCUT2D eigenvalue weighted by molar-refractivity contribution is 9.10. The molecule has 0 amide bonds. The van der Waals surface area contributed by atoms with Crippen LogP contribution in [0, 0.1) is 0 Å². The number of pyridine rings is 1. The predicted molar refractivity (Wildman–Crippen MR) is 128 cm³/mol. The molecule has 0 saturated heterocycles. The molecule has 150 valence electrons. The van der Waals surface area contributed by atoms with Crippen molar-refractivity contribution in [1.29, 1.82) is 0 Å². The third-order valence-electron chi connectivity index (χ3n) is 4.70. The number of nitrogens with one attached hydrogen (secondary N) is 2.